The molecule has 9 nitrogen and oxygen atoms in total. The Morgan fingerprint density at radius 3 is 2.39 bits per heavy atom. The third-order valence-corrected chi connectivity index (χ3v) is 6.54. The summed E-state index contributed by atoms with van der Waals surface area (Å²) in [6.07, 6.45) is 1.03. The van der Waals surface area contributed by atoms with E-state index in [-0.39, 0.29) is 11.3 Å². The number of likely N-dealkylation sites (tertiary alicyclic amines) is 1. The average Bonchev–Trinajstić information content (AvgIpc) is 3.58. The first-order valence-electron chi connectivity index (χ1n) is 12.3. The fourth-order valence-corrected chi connectivity index (χ4v) is 4.63. The molecule has 3 heterocycles. The number of rotatable bonds is 7. The first kappa shape index (κ1) is 25.5. The van der Waals surface area contributed by atoms with Gasteiger partial charge in [0, 0.05) is 30.7 Å². The van der Waals surface area contributed by atoms with Gasteiger partial charge in [-0.2, -0.15) is 13.2 Å². The molecule has 0 aliphatic carbocycles. The quantitative estimate of drug-likeness (QED) is 0.309. The molecule has 1 aliphatic heterocycles. The minimum absolute atomic E-state index is 0.0706. The van der Waals surface area contributed by atoms with Crippen molar-refractivity contribution < 1.29 is 18.0 Å². The zero-order chi connectivity index (χ0) is 26.7. The highest BCUT2D eigenvalue weighted by Gasteiger charge is 2.33. The third-order valence-electron chi connectivity index (χ3n) is 6.54. The summed E-state index contributed by atoms with van der Waals surface area (Å²) in [5.74, 6) is 0.608. The van der Waals surface area contributed by atoms with Gasteiger partial charge in [0.05, 0.1) is 5.56 Å². The first-order valence-corrected chi connectivity index (χ1v) is 12.3. The third kappa shape index (κ3) is 5.54. The highest BCUT2D eigenvalue weighted by atomic mass is 19.4. The molecule has 1 aliphatic rings. The molecule has 2 aromatic heterocycles. The van der Waals surface area contributed by atoms with Crippen LogP contribution in [-0.4, -0.2) is 57.1 Å². The molecule has 0 spiro atoms. The molecule has 12 heteroatoms. The highest BCUT2D eigenvalue weighted by Crippen LogP contribution is 2.34. The van der Waals surface area contributed by atoms with Crippen LogP contribution in [0.15, 0.2) is 55.1 Å². The summed E-state index contributed by atoms with van der Waals surface area (Å²) in [7, 11) is 1.75. The van der Waals surface area contributed by atoms with E-state index in [4.69, 9.17) is 0 Å². The van der Waals surface area contributed by atoms with Crippen LogP contribution in [0.5, 0.6) is 0 Å². The van der Waals surface area contributed by atoms with Crippen molar-refractivity contribution in [2.24, 2.45) is 0 Å². The van der Waals surface area contributed by atoms with Crippen molar-refractivity contribution in [3.05, 3.63) is 66.2 Å². The van der Waals surface area contributed by atoms with Crippen molar-refractivity contribution in [1.29, 1.82) is 0 Å². The van der Waals surface area contributed by atoms with E-state index >= 15 is 0 Å². The number of nitrogens with zero attached hydrogens (tertiary/aromatic N) is 5. The number of hydrogen-bond acceptors (Lipinski definition) is 6. The molecule has 1 saturated heterocycles. The fraction of sp³-hybridized carbons (Fsp3) is 0.308. The number of imidazole rings is 1. The van der Waals surface area contributed by atoms with E-state index in [1.165, 1.54) is 18.5 Å². The number of anilines is 3. The smallest absolute Gasteiger partial charge is 0.371 e. The maximum absolute atomic E-state index is 13.7. The number of carbonyl (C=O) groups is 1. The van der Waals surface area contributed by atoms with Crippen LogP contribution < -0.4 is 16.0 Å². The van der Waals surface area contributed by atoms with Crippen molar-refractivity contribution in [3.63, 3.8) is 0 Å². The van der Waals surface area contributed by atoms with E-state index in [2.05, 4.69) is 35.8 Å². The van der Waals surface area contributed by atoms with Crippen LogP contribution in [0.4, 0.5) is 35.2 Å². The largest absolute Gasteiger partial charge is 0.416 e. The normalized spacial score (nSPS) is 14.1. The van der Waals surface area contributed by atoms with Crippen LogP contribution in [0.1, 0.15) is 24.0 Å². The van der Waals surface area contributed by atoms with E-state index in [9.17, 15) is 18.0 Å². The number of urea groups is 1. The summed E-state index contributed by atoms with van der Waals surface area (Å²) >= 11 is 0. The summed E-state index contributed by atoms with van der Waals surface area (Å²) in [5.41, 5.74) is 2.05. The summed E-state index contributed by atoms with van der Waals surface area (Å²) in [5, 5.41) is 8.13. The lowest BCUT2D eigenvalue weighted by molar-refractivity contribution is -0.138. The van der Waals surface area contributed by atoms with E-state index in [1.54, 1.807) is 42.2 Å². The molecule has 2 aromatic carbocycles. The van der Waals surface area contributed by atoms with Gasteiger partial charge in [-0.3, -0.25) is 4.57 Å². The number of nitrogens with one attached hydrogen (secondary N) is 3. The Balaban J connectivity index is 1.25. The van der Waals surface area contributed by atoms with Gasteiger partial charge in [-0.15, -0.1) is 0 Å². The van der Waals surface area contributed by atoms with E-state index in [0.717, 1.165) is 37.7 Å². The van der Waals surface area contributed by atoms with Crippen molar-refractivity contribution >= 4 is 34.4 Å². The molecule has 4 aromatic rings. The average molecular weight is 525 g/mol. The second kappa shape index (κ2) is 10.7. The maximum atomic E-state index is 13.7. The zero-order valence-electron chi connectivity index (χ0n) is 20.7. The second-order valence-corrected chi connectivity index (χ2v) is 9.05. The zero-order valence-corrected chi connectivity index (χ0v) is 20.7. The van der Waals surface area contributed by atoms with Crippen molar-refractivity contribution in [2.45, 2.75) is 25.4 Å². The Bertz CT molecular complexity index is 1430. The van der Waals surface area contributed by atoms with E-state index in [0.29, 0.717) is 35.6 Å². The number of alkyl halides is 3. The molecular weight excluding hydrogens is 497 g/mol. The van der Waals surface area contributed by atoms with Gasteiger partial charge in [0.15, 0.2) is 17.0 Å². The molecule has 0 atom stereocenters. The summed E-state index contributed by atoms with van der Waals surface area (Å²) in [4.78, 5) is 27.5. The number of benzene rings is 2. The Morgan fingerprint density at radius 1 is 0.974 bits per heavy atom. The van der Waals surface area contributed by atoms with Crippen LogP contribution in [0.3, 0.4) is 0 Å². The summed E-state index contributed by atoms with van der Waals surface area (Å²) in [6.45, 7) is 2.43. The van der Waals surface area contributed by atoms with Gasteiger partial charge < -0.3 is 20.9 Å². The van der Waals surface area contributed by atoms with Crippen LogP contribution in [-0.2, 0) is 12.6 Å². The van der Waals surface area contributed by atoms with Crippen molar-refractivity contribution in [2.75, 3.05) is 42.6 Å². The van der Waals surface area contributed by atoms with Gasteiger partial charge in [0.25, 0.3) is 0 Å². The van der Waals surface area contributed by atoms with E-state index < -0.39 is 17.8 Å². The molecular formula is C26H27F3N8O. The fourth-order valence-electron chi connectivity index (χ4n) is 4.63. The number of aromatic nitrogens is 4. The first-order chi connectivity index (χ1) is 18.3. The van der Waals surface area contributed by atoms with Gasteiger partial charge in [0.1, 0.15) is 12.7 Å². The minimum atomic E-state index is -4.51. The van der Waals surface area contributed by atoms with E-state index in [1.807, 2.05) is 0 Å². The molecule has 0 bridgehead atoms. The Morgan fingerprint density at radius 2 is 1.68 bits per heavy atom. The predicted octanol–water partition coefficient (Wildman–Crippen LogP) is 5.16. The van der Waals surface area contributed by atoms with Crippen LogP contribution in [0.2, 0.25) is 0 Å². The van der Waals surface area contributed by atoms with Crippen LogP contribution >= 0.6 is 0 Å². The van der Waals surface area contributed by atoms with Gasteiger partial charge in [0.2, 0.25) is 0 Å². The number of halogens is 3. The molecule has 1 fully saturated rings. The van der Waals surface area contributed by atoms with Gasteiger partial charge >= 0.3 is 12.2 Å². The lowest BCUT2D eigenvalue weighted by Crippen LogP contribution is -2.23. The number of amides is 2. The maximum Gasteiger partial charge on any atom is 0.416 e. The highest BCUT2D eigenvalue weighted by molar-refractivity contribution is 5.99. The summed E-state index contributed by atoms with van der Waals surface area (Å²) in [6, 6.07) is 10.2. The standard InChI is InChI=1S/C26H27F3N8O/c1-30-23-22-24(32-15-31-23)37(16-33-22)20-8-6-18(7-9-20)34-25(38)35-19-5-4-17(21(14-19)26(27,28)29)10-13-36-11-2-3-12-36/h4-9,14-16H,2-3,10-13H2,1H3,(H,30,31,32)(H2,34,35,38). The van der Waals surface area contributed by atoms with Crippen molar-refractivity contribution in [1.82, 2.24) is 24.4 Å². The van der Waals surface area contributed by atoms with Gasteiger partial charge in [-0.1, -0.05) is 6.07 Å². The molecule has 5 rings (SSSR count). The SMILES string of the molecule is CNc1ncnc2c1ncn2-c1ccc(NC(=O)Nc2ccc(CCN3CCCC3)c(C(F)(F)F)c2)cc1. The number of carbonyl (C=O) groups excluding carboxylic acids is 1. The van der Waals surface area contributed by atoms with Crippen LogP contribution in [0, 0.1) is 0 Å². The predicted molar refractivity (Wildman–Crippen MR) is 140 cm³/mol. The lowest BCUT2D eigenvalue weighted by atomic mass is 10.0. The molecule has 38 heavy (non-hydrogen) atoms. The molecule has 3 N–H and O–H groups in total. The Hall–Kier alpha value is -4.19. The minimum Gasteiger partial charge on any atom is -0.371 e. The monoisotopic (exact) mass is 524 g/mol. The van der Waals surface area contributed by atoms with Crippen molar-refractivity contribution in [3.8, 4) is 5.69 Å². The van der Waals surface area contributed by atoms with Crippen LogP contribution in [0.25, 0.3) is 16.9 Å². The Labute approximate surface area is 217 Å². The lowest BCUT2D eigenvalue weighted by Gasteiger charge is -2.18. The molecule has 0 radical (unpaired) electrons. The topological polar surface area (TPSA) is 100 Å². The number of fused-ring (bicyclic) bond motifs is 1. The summed E-state index contributed by atoms with van der Waals surface area (Å²) < 4.78 is 43.0. The number of hydrogen-bond donors (Lipinski definition) is 3. The second-order valence-electron chi connectivity index (χ2n) is 9.05. The molecule has 0 saturated carbocycles. The molecule has 2 amide bonds. The van der Waals surface area contributed by atoms with Gasteiger partial charge in [-0.05, 0) is 74.3 Å². The molecule has 0 unspecified atom stereocenters. The van der Waals surface area contributed by atoms with Gasteiger partial charge in [-0.25, -0.2) is 19.7 Å². The Kier molecular flexibility index (Phi) is 7.14. The molecule has 198 valence electrons.